The Morgan fingerprint density at radius 1 is 0.556 bits per heavy atom. The molecule has 0 amide bonds. The highest BCUT2D eigenvalue weighted by Crippen LogP contribution is 2.41. The Bertz CT molecular complexity index is 1040. The van der Waals surface area contributed by atoms with Gasteiger partial charge in [0.05, 0.1) is 11.4 Å². The summed E-state index contributed by atoms with van der Waals surface area (Å²) in [6.07, 6.45) is 0.913. The van der Waals surface area contributed by atoms with E-state index < -0.39 is 0 Å². The van der Waals surface area contributed by atoms with Gasteiger partial charge in [-0.15, -0.1) is 0 Å². The lowest BCUT2D eigenvalue weighted by Crippen LogP contribution is -2.13. The van der Waals surface area contributed by atoms with Gasteiger partial charge < -0.3 is 4.90 Å². The van der Waals surface area contributed by atoms with Gasteiger partial charge in [-0.25, -0.2) is 0 Å². The lowest BCUT2D eigenvalue weighted by atomic mass is 10.0. The average Bonchev–Trinajstić information content (AvgIpc) is 2.76. The summed E-state index contributed by atoms with van der Waals surface area (Å²) < 4.78 is 0. The molecule has 0 aliphatic carbocycles. The first-order valence-electron chi connectivity index (χ1n) is 8.92. The lowest BCUT2D eigenvalue weighted by Gasteiger charge is -2.28. The van der Waals surface area contributed by atoms with Crippen LogP contribution in [0.3, 0.4) is 0 Å². The minimum Gasteiger partial charge on any atom is -0.309 e. The van der Waals surface area contributed by atoms with Crippen LogP contribution in [0.4, 0.5) is 17.1 Å². The van der Waals surface area contributed by atoms with Crippen molar-refractivity contribution >= 4 is 23.3 Å². The topological polar surface area (TPSA) is 20.3 Å². The second-order valence-corrected chi connectivity index (χ2v) is 6.23. The van der Waals surface area contributed by atoms with Crippen molar-refractivity contribution in [3.63, 3.8) is 0 Å². The monoisotopic (exact) mass is 349 g/mol. The smallest absolute Gasteiger partial charge is 0.152 e. The highest BCUT2D eigenvalue weighted by Gasteiger charge is 2.18. The molecule has 0 bridgehead atoms. The normalized spacial score (nSPS) is 10.4. The first kappa shape index (κ1) is 16.8. The zero-order valence-corrected chi connectivity index (χ0v) is 14.8. The molecule has 0 saturated carbocycles. The Hall–Kier alpha value is -3.65. The molecule has 0 N–H and O–H groups in total. The minimum absolute atomic E-state index is 0.657. The van der Waals surface area contributed by atoms with Gasteiger partial charge in [0.2, 0.25) is 0 Å². The highest BCUT2D eigenvalue weighted by atomic mass is 16.1. The van der Waals surface area contributed by atoms with Crippen LogP contribution < -0.4 is 4.90 Å². The van der Waals surface area contributed by atoms with Crippen LogP contribution in [0.5, 0.6) is 0 Å². The third-order valence-electron chi connectivity index (χ3n) is 4.55. The summed E-state index contributed by atoms with van der Waals surface area (Å²) in [5.74, 6) is 0. The fourth-order valence-corrected chi connectivity index (χ4v) is 3.31. The maximum Gasteiger partial charge on any atom is 0.152 e. The first-order valence-corrected chi connectivity index (χ1v) is 8.92. The predicted octanol–water partition coefficient (Wildman–Crippen LogP) is 6.64. The molecule has 4 aromatic carbocycles. The number of hydrogen-bond acceptors (Lipinski definition) is 2. The van der Waals surface area contributed by atoms with Gasteiger partial charge in [-0.1, -0.05) is 78.9 Å². The van der Waals surface area contributed by atoms with Crippen LogP contribution in [0.25, 0.3) is 11.1 Å². The number of carbonyl (C=O) groups is 1. The van der Waals surface area contributed by atoms with Crippen LogP contribution in [0.15, 0.2) is 109 Å². The molecule has 0 fully saturated rings. The molecule has 4 aromatic rings. The third kappa shape index (κ3) is 3.38. The Morgan fingerprint density at radius 2 is 1.11 bits per heavy atom. The molecule has 0 atom stereocenters. The van der Waals surface area contributed by atoms with E-state index in [0.29, 0.717) is 5.56 Å². The number of hydrogen-bond donors (Lipinski definition) is 0. The molecule has 27 heavy (non-hydrogen) atoms. The molecule has 0 aromatic heterocycles. The molecule has 2 heteroatoms. The van der Waals surface area contributed by atoms with Crippen molar-refractivity contribution < 1.29 is 4.79 Å². The van der Waals surface area contributed by atoms with E-state index in [0.717, 1.165) is 34.5 Å². The van der Waals surface area contributed by atoms with E-state index >= 15 is 0 Å². The van der Waals surface area contributed by atoms with Crippen LogP contribution in [0.1, 0.15) is 10.4 Å². The van der Waals surface area contributed by atoms with Crippen molar-refractivity contribution in [1.29, 1.82) is 0 Å². The maximum absolute atomic E-state index is 11.7. The van der Waals surface area contributed by atoms with E-state index in [1.165, 1.54) is 0 Å². The molecule has 0 radical (unpaired) electrons. The second-order valence-electron chi connectivity index (χ2n) is 6.23. The molecule has 130 valence electrons. The van der Waals surface area contributed by atoms with Crippen molar-refractivity contribution in [2.24, 2.45) is 0 Å². The summed E-state index contributed by atoms with van der Waals surface area (Å²) in [4.78, 5) is 13.9. The van der Waals surface area contributed by atoms with Crippen LogP contribution in [-0.4, -0.2) is 6.29 Å². The van der Waals surface area contributed by atoms with Crippen molar-refractivity contribution in [3.05, 3.63) is 115 Å². The largest absolute Gasteiger partial charge is 0.309 e. The average molecular weight is 349 g/mol. The molecule has 2 nitrogen and oxygen atoms in total. The third-order valence-corrected chi connectivity index (χ3v) is 4.55. The predicted molar refractivity (Wildman–Crippen MR) is 112 cm³/mol. The van der Waals surface area contributed by atoms with E-state index in [2.05, 4.69) is 41.3 Å². The Morgan fingerprint density at radius 3 is 1.81 bits per heavy atom. The zero-order valence-electron chi connectivity index (χ0n) is 14.8. The highest BCUT2D eigenvalue weighted by molar-refractivity contribution is 5.94. The van der Waals surface area contributed by atoms with Crippen molar-refractivity contribution in [2.45, 2.75) is 0 Å². The summed E-state index contributed by atoms with van der Waals surface area (Å²) >= 11 is 0. The van der Waals surface area contributed by atoms with E-state index in [-0.39, 0.29) is 0 Å². The van der Waals surface area contributed by atoms with Crippen LogP contribution >= 0.6 is 0 Å². The number of anilines is 3. The molecule has 0 heterocycles. The Kier molecular flexibility index (Phi) is 4.80. The minimum atomic E-state index is 0.657. The van der Waals surface area contributed by atoms with Gasteiger partial charge in [-0.2, -0.15) is 0 Å². The lowest BCUT2D eigenvalue weighted by molar-refractivity contribution is 0.112. The number of benzene rings is 4. The maximum atomic E-state index is 11.7. The van der Waals surface area contributed by atoms with E-state index in [9.17, 15) is 4.79 Å². The number of aldehydes is 1. The van der Waals surface area contributed by atoms with Crippen molar-refractivity contribution in [3.8, 4) is 11.1 Å². The molecule has 0 unspecified atom stereocenters. The van der Waals surface area contributed by atoms with E-state index in [1.54, 1.807) is 0 Å². The number of nitrogens with zero attached hydrogens (tertiary/aromatic N) is 1. The summed E-state index contributed by atoms with van der Waals surface area (Å²) in [5.41, 5.74) is 5.81. The molecule has 0 saturated heterocycles. The Balaban J connectivity index is 1.98. The molecular formula is C25H19NO. The van der Waals surface area contributed by atoms with Crippen LogP contribution in [0, 0.1) is 0 Å². The van der Waals surface area contributed by atoms with Gasteiger partial charge in [-0.3, -0.25) is 4.79 Å². The zero-order chi connectivity index (χ0) is 18.5. The van der Waals surface area contributed by atoms with E-state index in [1.807, 2.05) is 72.8 Å². The van der Waals surface area contributed by atoms with E-state index in [4.69, 9.17) is 0 Å². The Labute approximate surface area is 159 Å². The molecule has 0 aliphatic rings. The van der Waals surface area contributed by atoms with Gasteiger partial charge >= 0.3 is 0 Å². The second kappa shape index (κ2) is 7.71. The first-order chi connectivity index (χ1) is 13.4. The summed E-state index contributed by atoms with van der Waals surface area (Å²) in [6, 6.07) is 36.4. The molecule has 4 rings (SSSR count). The number of rotatable bonds is 5. The standard InChI is InChI=1S/C25H19NO/c27-19-21-13-7-9-17-24(21)26(22-14-5-2-6-15-22)25-18-10-8-16-23(25)20-11-3-1-4-12-20/h1-19H. The van der Waals surface area contributed by atoms with Crippen LogP contribution in [0.2, 0.25) is 0 Å². The number of para-hydroxylation sites is 3. The van der Waals surface area contributed by atoms with Gasteiger partial charge in [-0.05, 0) is 35.9 Å². The fourth-order valence-electron chi connectivity index (χ4n) is 3.31. The molecular weight excluding hydrogens is 330 g/mol. The fraction of sp³-hybridized carbons (Fsp3) is 0. The van der Waals surface area contributed by atoms with Crippen molar-refractivity contribution in [1.82, 2.24) is 0 Å². The molecule has 0 spiro atoms. The van der Waals surface area contributed by atoms with Gasteiger partial charge in [0.25, 0.3) is 0 Å². The SMILES string of the molecule is O=Cc1ccccc1N(c1ccccc1)c1ccccc1-c1ccccc1. The quantitative estimate of drug-likeness (QED) is 0.377. The van der Waals surface area contributed by atoms with Gasteiger partial charge in [0.15, 0.2) is 6.29 Å². The summed E-state index contributed by atoms with van der Waals surface area (Å²) in [7, 11) is 0. The van der Waals surface area contributed by atoms with Gasteiger partial charge in [0.1, 0.15) is 0 Å². The summed E-state index contributed by atoms with van der Waals surface area (Å²) in [5, 5.41) is 0. The molecule has 0 aliphatic heterocycles. The van der Waals surface area contributed by atoms with Crippen LogP contribution in [-0.2, 0) is 0 Å². The summed E-state index contributed by atoms with van der Waals surface area (Å²) in [6.45, 7) is 0. The van der Waals surface area contributed by atoms with Crippen molar-refractivity contribution in [2.75, 3.05) is 4.90 Å². The van der Waals surface area contributed by atoms with Gasteiger partial charge in [0, 0.05) is 16.8 Å². The number of carbonyl (C=O) groups excluding carboxylic acids is 1.